The van der Waals surface area contributed by atoms with E-state index < -0.39 is 0 Å². The quantitative estimate of drug-likeness (QED) is 0.517. The maximum atomic E-state index is 13.4. The number of nitriles is 1. The molecule has 1 aromatic carbocycles. The van der Waals surface area contributed by atoms with Crippen LogP contribution in [0.25, 0.3) is 22.4 Å². The van der Waals surface area contributed by atoms with Gasteiger partial charge in [-0.05, 0) is 62.7 Å². The van der Waals surface area contributed by atoms with Gasteiger partial charge < -0.3 is 15.1 Å². The van der Waals surface area contributed by atoms with E-state index in [0.717, 1.165) is 53.3 Å². The highest BCUT2D eigenvalue weighted by Crippen LogP contribution is 2.43. The summed E-state index contributed by atoms with van der Waals surface area (Å²) in [6.45, 7) is 1.88. The number of fused-ring (bicyclic) bond motifs is 1. The van der Waals surface area contributed by atoms with Gasteiger partial charge in [0.15, 0.2) is 0 Å². The fourth-order valence-corrected chi connectivity index (χ4v) is 4.91. The number of carbonyl (C=O) groups excluding carboxylic acids is 1. The molecule has 1 aliphatic heterocycles. The molecular formula is C28H31N7O. The average molecular weight is 482 g/mol. The number of nitrogens with one attached hydrogen (secondary N) is 1. The van der Waals surface area contributed by atoms with Crippen molar-refractivity contribution < 1.29 is 4.79 Å². The third-order valence-electron chi connectivity index (χ3n) is 6.89. The van der Waals surface area contributed by atoms with Crippen LogP contribution in [0.15, 0.2) is 54.7 Å². The summed E-state index contributed by atoms with van der Waals surface area (Å²) < 4.78 is 2.08. The molecule has 2 aromatic heterocycles. The molecule has 8 nitrogen and oxygen atoms in total. The Bertz CT molecular complexity index is 1350. The zero-order valence-electron chi connectivity index (χ0n) is 21.0. The molecule has 0 radical (unpaired) electrons. The molecule has 2 aliphatic rings. The minimum absolute atomic E-state index is 0.0471. The third-order valence-corrected chi connectivity index (χ3v) is 6.89. The molecule has 1 N–H and O–H groups in total. The number of hydrogen-bond donors (Lipinski definition) is 1. The maximum absolute atomic E-state index is 13.4. The van der Waals surface area contributed by atoms with E-state index in [0.29, 0.717) is 24.6 Å². The summed E-state index contributed by atoms with van der Waals surface area (Å²) in [5.74, 6) is 1.32. The van der Waals surface area contributed by atoms with Gasteiger partial charge in [0.05, 0.1) is 36.5 Å². The molecule has 1 atom stereocenters. The molecule has 1 aliphatic carbocycles. The number of rotatable bonds is 7. The van der Waals surface area contributed by atoms with Gasteiger partial charge in [0.25, 0.3) is 0 Å². The first-order valence-electron chi connectivity index (χ1n) is 12.3. The first-order chi connectivity index (χ1) is 17.5. The van der Waals surface area contributed by atoms with Gasteiger partial charge in [-0.1, -0.05) is 18.2 Å². The Balaban J connectivity index is 1.62. The lowest BCUT2D eigenvalue weighted by Gasteiger charge is -2.36. The molecule has 1 amide bonds. The third kappa shape index (κ3) is 4.75. The molecule has 184 valence electrons. The Labute approximate surface area is 211 Å². The van der Waals surface area contributed by atoms with E-state index in [-0.39, 0.29) is 11.9 Å². The molecule has 0 saturated heterocycles. The van der Waals surface area contributed by atoms with E-state index in [9.17, 15) is 10.1 Å². The summed E-state index contributed by atoms with van der Waals surface area (Å²) in [4.78, 5) is 21.8. The van der Waals surface area contributed by atoms with Gasteiger partial charge in [0.2, 0.25) is 5.91 Å². The lowest BCUT2D eigenvalue weighted by Crippen LogP contribution is -2.47. The minimum atomic E-state index is 0.0471. The number of benzene rings is 1. The van der Waals surface area contributed by atoms with Gasteiger partial charge in [0.1, 0.15) is 11.5 Å². The predicted molar refractivity (Wildman–Crippen MR) is 140 cm³/mol. The zero-order valence-corrected chi connectivity index (χ0v) is 21.0. The second-order valence-corrected chi connectivity index (χ2v) is 9.76. The molecule has 0 bridgehead atoms. The number of anilines is 1. The normalized spacial score (nSPS) is 17.3. The van der Waals surface area contributed by atoms with Crippen LogP contribution in [0.2, 0.25) is 0 Å². The van der Waals surface area contributed by atoms with Gasteiger partial charge in [-0.2, -0.15) is 10.4 Å². The number of likely N-dealkylation sites (N-methyl/N-ethyl adjacent to an activating group) is 1. The van der Waals surface area contributed by atoms with Gasteiger partial charge in [0, 0.05) is 37.0 Å². The van der Waals surface area contributed by atoms with Gasteiger partial charge in [-0.15, -0.1) is 0 Å². The molecule has 5 rings (SSSR count). The standard InChI is InChI=1S/C28H31N7O/c1-30-25-15-21(11-12-31-25)27-24-17-34(26(36)8-5-13-33(2)3)23(20-9-10-20)18-35(24)32-28(27)22-7-4-6-19(14-22)16-29/h4-8,11-12,14-15,20,23H,9-10,13,17-18H2,1-3H3,(H,30,31)/b8-5+/t23-/m1/s1. The highest BCUT2D eigenvalue weighted by Gasteiger charge is 2.41. The number of nitrogens with zero attached hydrogens (tertiary/aromatic N) is 6. The Morgan fingerprint density at radius 3 is 2.81 bits per heavy atom. The van der Waals surface area contributed by atoms with Gasteiger partial charge in [-0.25, -0.2) is 4.98 Å². The Hall–Kier alpha value is -3.96. The Morgan fingerprint density at radius 2 is 2.08 bits per heavy atom. The molecule has 1 fully saturated rings. The first-order valence-corrected chi connectivity index (χ1v) is 12.3. The Morgan fingerprint density at radius 1 is 1.25 bits per heavy atom. The lowest BCUT2D eigenvalue weighted by atomic mass is 9.96. The SMILES string of the molecule is CNc1cc(-c2c(-c3cccc(C#N)c3)nn3c2CN(C(=O)/C=C/CN(C)C)[C@@H](C2CC2)C3)ccn1. The highest BCUT2D eigenvalue weighted by molar-refractivity contribution is 5.89. The summed E-state index contributed by atoms with van der Waals surface area (Å²) in [5.41, 5.74) is 5.27. The van der Waals surface area contributed by atoms with Gasteiger partial charge >= 0.3 is 0 Å². The van der Waals surface area contributed by atoms with Crippen LogP contribution in [-0.2, 0) is 17.9 Å². The van der Waals surface area contributed by atoms with Crippen LogP contribution in [0.5, 0.6) is 0 Å². The molecule has 0 spiro atoms. The van der Waals surface area contributed by atoms with Crippen LogP contribution in [0.4, 0.5) is 5.82 Å². The zero-order chi connectivity index (χ0) is 25.2. The topological polar surface area (TPSA) is 90.1 Å². The predicted octanol–water partition coefficient (Wildman–Crippen LogP) is 3.76. The second kappa shape index (κ2) is 9.96. The van der Waals surface area contributed by atoms with E-state index in [4.69, 9.17) is 5.10 Å². The average Bonchev–Trinajstić information content (AvgIpc) is 3.67. The van der Waals surface area contributed by atoms with Crippen LogP contribution in [0.1, 0.15) is 24.1 Å². The van der Waals surface area contributed by atoms with Crippen molar-refractivity contribution in [2.24, 2.45) is 5.92 Å². The van der Waals surface area contributed by atoms with Crippen molar-refractivity contribution in [3.63, 3.8) is 0 Å². The van der Waals surface area contributed by atoms with Crippen LogP contribution in [-0.4, -0.2) is 64.2 Å². The summed E-state index contributed by atoms with van der Waals surface area (Å²) in [6.07, 6.45) is 7.71. The number of pyridine rings is 1. The van der Waals surface area contributed by atoms with Crippen molar-refractivity contribution in [1.29, 1.82) is 5.26 Å². The number of aromatic nitrogens is 3. The summed E-state index contributed by atoms with van der Waals surface area (Å²) in [7, 11) is 5.83. The van der Waals surface area contributed by atoms with E-state index in [2.05, 4.69) is 21.1 Å². The fraction of sp³-hybridized carbons (Fsp3) is 0.357. The molecule has 0 unspecified atom stereocenters. The molecule has 8 heteroatoms. The van der Waals surface area contributed by atoms with Crippen molar-refractivity contribution >= 4 is 11.7 Å². The first kappa shape index (κ1) is 23.8. The van der Waals surface area contributed by atoms with Crippen molar-refractivity contribution in [1.82, 2.24) is 24.6 Å². The number of amides is 1. The second-order valence-electron chi connectivity index (χ2n) is 9.76. The monoisotopic (exact) mass is 481 g/mol. The largest absolute Gasteiger partial charge is 0.373 e. The van der Waals surface area contributed by atoms with E-state index in [1.54, 1.807) is 18.3 Å². The molecular weight excluding hydrogens is 450 g/mol. The molecule has 1 saturated carbocycles. The van der Waals surface area contributed by atoms with E-state index in [1.165, 1.54) is 0 Å². The summed E-state index contributed by atoms with van der Waals surface area (Å²) in [6, 6.07) is 13.9. The molecule has 3 aromatic rings. The number of carbonyl (C=O) groups is 1. The van der Waals surface area contributed by atoms with Crippen LogP contribution in [0.3, 0.4) is 0 Å². The van der Waals surface area contributed by atoms with Crippen LogP contribution < -0.4 is 5.32 Å². The maximum Gasteiger partial charge on any atom is 0.246 e. The smallest absolute Gasteiger partial charge is 0.246 e. The summed E-state index contributed by atoms with van der Waals surface area (Å²) in [5, 5.41) is 17.7. The van der Waals surface area contributed by atoms with Crippen molar-refractivity contribution in [2.45, 2.75) is 32.0 Å². The highest BCUT2D eigenvalue weighted by atomic mass is 16.2. The summed E-state index contributed by atoms with van der Waals surface area (Å²) >= 11 is 0. The number of hydrogen-bond acceptors (Lipinski definition) is 6. The fourth-order valence-electron chi connectivity index (χ4n) is 4.91. The van der Waals surface area contributed by atoms with E-state index >= 15 is 0 Å². The lowest BCUT2D eigenvalue weighted by molar-refractivity contribution is -0.130. The van der Waals surface area contributed by atoms with Crippen molar-refractivity contribution in [2.75, 3.05) is 33.0 Å². The Kier molecular flexibility index (Phi) is 6.57. The van der Waals surface area contributed by atoms with Gasteiger partial charge in [-0.3, -0.25) is 9.48 Å². The van der Waals surface area contributed by atoms with E-state index in [1.807, 2.05) is 67.4 Å². The molecule has 3 heterocycles. The van der Waals surface area contributed by atoms with Crippen molar-refractivity contribution in [3.8, 4) is 28.5 Å². The van der Waals surface area contributed by atoms with Crippen LogP contribution in [0, 0.1) is 17.2 Å². The van der Waals surface area contributed by atoms with Crippen molar-refractivity contribution in [3.05, 3.63) is 66.0 Å². The molecule has 36 heavy (non-hydrogen) atoms. The minimum Gasteiger partial charge on any atom is -0.373 e. The van der Waals surface area contributed by atoms with Crippen LogP contribution >= 0.6 is 0 Å².